The summed E-state index contributed by atoms with van der Waals surface area (Å²) in [5.41, 5.74) is 0.875. The third-order valence-electron chi connectivity index (χ3n) is 4.28. The van der Waals surface area contributed by atoms with Crippen LogP contribution >= 0.6 is 11.8 Å². The summed E-state index contributed by atoms with van der Waals surface area (Å²) in [7, 11) is 0. The molecule has 1 aromatic rings. The molecule has 1 heterocycles. The molecule has 0 unspecified atom stereocenters. The van der Waals surface area contributed by atoms with E-state index in [-0.39, 0.29) is 19.6 Å². The molecule has 8 nitrogen and oxygen atoms in total. The minimum absolute atomic E-state index is 0.0328. The van der Waals surface area contributed by atoms with E-state index in [1.807, 2.05) is 30.5 Å². The summed E-state index contributed by atoms with van der Waals surface area (Å²) in [4.78, 5) is 36.1. The number of hydrazine groups is 1. The summed E-state index contributed by atoms with van der Waals surface area (Å²) in [5, 5.41) is 20.4. The molecule has 142 valence electrons. The minimum atomic E-state index is -1.36. The fourth-order valence-electron chi connectivity index (χ4n) is 3.12. The lowest BCUT2D eigenvalue weighted by Gasteiger charge is -2.28. The topological polar surface area (TPSA) is 107 Å². The largest absolute Gasteiger partial charge is 0.466 e. The van der Waals surface area contributed by atoms with Crippen LogP contribution in [-0.2, 0) is 16.0 Å². The SMILES string of the molecule is CCOC(=O)C[C@H]1CN(C(=O)O)N(C(=O)O)[C@@H]1Cc1ccc(SC)cc1. The van der Waals surface area contributed by atoms with E-state index in [4.69, 9.17) is 4.74 Å². The number of benzene rings is 1. The van der Waals surface area contributed by atoms with Crippen molar-refractivity contribution in [3.05, 3.63) is 29.8 Å². The average Bonchev–Trinajstić information content (AvgIpc) is 2.94. The van der Waals surface area contributed by atoms with Crippen molar-refractivity contribution >= 4 is 29.9 Å². The van der Waals surface area contributed by atoms with Crippen LogP contribution in [0.1, 0.15) is 18.9 Å². The molecule has 1 saturated heterocycles. The molecule has 0 radical (unpaired) electrons. The Labute approximate surface area is 155 Å². The van der Waals surface area contributed by atoms with Crippen molar-refractivity contribution in [1.82, 2.24) is 10.0 Å². The van der Waals surface area contributed by atoms with Crippen molar-refractivity contribution < 1.29 is 29.3 Å². The quantitative estimate of drug-likeness (QED) is 0.575. The average molecular weight is 382 g/mol. The normalized spacial score (nSPS) is 19.5. The third kappa shape index (κ3) is 4.60. The second-order valence-electron chi connectivity index (χ2n) is 5.88. The van der Waals surface area contributed by atoms with Gasteiger partial charge in [-0.05, 0) is 37.3 Å². The molecule has 0 saturated carbocycles. The van der Waals surface area contributed by atoms with Gasteiger partial charge in [0.25, 0.3) is 0 Å². The fourth-order valence-corrected chi connectivity index (χ4v) is 3.52. The van der Waals surface area contributed by atoms with Gasteiger partial charge in [0, 0.05) is 10.8 Å². The Bertz CT molecular complexity index is 666. The molecular formula is C17H22N2O6S. The van der Waals surface area contributed by atoms with Crippen molar-refractivity contribution in [2.24, 2.45) is 5.92 Å². The summed E-state index contributed by atoms with van der Waals surface area (Å²) in [5.74, 6) is -0.931. The smallest absolute Gasteiger partial charge is 0.426 e. The van der Waals surface area contributed by atoms with Gasteiger partial charge in [0.15, 0.2) is 0 Å². The summed E-state index contributed by atoms with van der Waals surface area (Å²) in [6, 6.07) is 6.96. The van der Waals surface area contributed by atoms with Gasteiger partial charge in [-0.15, -0.1) is 11.8 Å². The molecule has 9 heteroatoms. The Balaban J connectivity index is 2.27. The first-order valence-electron chi connectivity index (χ1n) is 8.18. The highest BCUT2D eigenvalue weighted by Gasteiger charge is 2.46. The molecule has 0 bridgehead atoms. The predicted molar refractivity (Wildman–Crippen MR) is 95.0 cm³/mol. The van der Waals surface area contributed by atoms with Crippen LogP contribution < -0.4 is 0 Å². The van der Waals surface area contributed by atoms with Crippen LogP contribution in [0.25, 0.3) is 0 Å². The zero-order valence-electron chi connectivity index (χ0n) is 14.6. The predicted octanol–water partition coefficient (Wildman–Crippen LogP) is 2.78. The van der Waals surface area contributed by atoms with E-state index in [2.05, 4.69) is 0 Å². The number of nitrogens with zero attached hydrogens (tertiary/aromatic N) is 2. The van der Waals surface area contributed by atoms with Crippen molar-refractivity contribution in [1.29, 1.82) is 0 Å². The first-order chi connectivity index (χ1) is 12.4. The Morgan fingerprint density at radius 3 is 2.35 bits per heavy atom. The first-order valence-corrected chi connectivity index (χ1v) is 9.40. The van der Waals surface area contributed by atoms with E-state index in [1.54, 1.807) is 18.7 Å². The Kier molecular flexibility index (Phi) is 6.73. The van der Waals surface area contributed by atoms with Crippen LogP contribution in [0.3, 0.4) is 0 Å². The van der Waals surface area contributed by atoms with Gasteiger partial charge in [-0.25, -0.2) is 19.6 Å². The van der Waals surface area contributed by atoms with Crippen molar-refractivity contribution in [3.63, 3.8) is 0 Å². The van der Waals surface area contributed by atoms with Crippen LogP contribution in [0.4, 0.5) is 9.59 Å². The summed E-state index contributed by atoms with van der Waals surface area (Å²) >= 11 is 1.59. The fraction of sp³-hybridized carbons (Fsp3) is 0.471. The number of esters is 1. The molecule has 0 aromatic heterocycles. The van der Waals surface area contributed by atoms with Crippen LogP contribution in [0, 0.1) is 5.92 Å². The molecule has 2 rings (SSSR count). The molecule has 0 aliphatic carbocycles. The van der Waals surface area contributed by atoms with Crippen LogP contribution in [-0.4, -0.2) is 63.8 Å². The van der Waals surface area contributed by atoms with Gasteiger partial charge in [-0.3, -0.25) is 4.79 Å². The van der Waals surface area contributed by atoms with Crippen LogP contribution in [0.15, 0.2) is 29.2 Å². The molecule has 2 N–H and O–H groups in total. The number of rotatable bonds is 6. The van der Waals surface area contributed by atoms with Gasteiger partial charge in [-0.1, -0.05) is 12.1 Å². The lowest BCUT2D eigenvalue weighted by Crippen LogP contribution is -2.48. The monoisotopic (exact) mass is 382 g/mol. The number of carboxylic acid groups (broad SMARTS) is 2. The second-order valence-corrected chi connectivity index (χ2v) is 6.76. The Hall–Kier alpha value is -2.42. The molecule has 1 aliphatic rings. The molecular weight excluding hydrogens is 360 g/mol. The Morgan fingerprint density at radius 1 is 1.19 bits per heavy atom. The number of amides is 2. The lowest BCUT2D eigenvalue weighted by atomic mass is 9.92. The standard InChI is InChI=1S/C17H22N2O6S/c1-3-25-15(20)9-12-10-18(16(21)22)19(17(23)24)14(12)8-11-4-6-13(26-2)7-5-11/h4-7,12,14H,3,8-10H2,1-2H3,(H,21,22)(H,23,24)/t12-,14+/m0/s1. The third-order valence-corrected chi connectivity index (χ3v) is 5.02. The van der Waals surface area contributed by atoms with Gasteiger partial charge < -0.3 is 14.9 Å². The molecule has 2 atom stereocenters. The number of hydrogen-bond donors (Lipinski definition) is 2. The number of hydrogen-bond acceptors (Lipinski definition) is 5. The van der Waals surface area contributed by atoms with E-state index >= 15 is 0 Å². The van der Waals surface area contributed by atoms with Gasteiger partial charge in [-0.2, -0.15) is 0 Å². The summed E-state index contributed by atoms with van der Waals surface area (Å²) in [6.45, 7) is 1.84. The molecule has 0 spiro atoms. The number of carbonyl (C=O) groups is 3. The van der Waals surface area contributed by atoms with Crippen molar-refractivity contribution in [3.8, 4) is 0 Å². The number of ether oxygens (including phenoxy) is 1. The summed E-state index contributed by atoms with van der Waals surface area (Å²) < 4.78 is 4.95. The van der Waals surface area contributed by atoms with Crippen molar-refractivity contribution in [2.75, 3.05) is 19.4 Å². The number of carbonyl (C=O) groups excluding carboxylic acids is 1. The maximum atomic E-state index is 11.9. The minimum Gasteiger partial charge on any atom is -0.466 e. The highest BCUT2D eigenvalue weighted by atomic mass is 32.2. The lowest BCUT2D eigenvalue weighted by molar-refractivity contribution is -0.144. The highest BCUT2D eigenvalue weighted by Crippen LogP contribution is 2.30. The van der Waals surface area contributed by atoms with E-state index in [9.17, 15) is 24.6 Å². The molecule has 1 aliphatic heterocycles. The van der Waals surface area contributed by atoms with Gasteiger partial charge in [0.05, 0.1) is 25.6 Å². The van der Waals surface area contributed by atoms with E-state index in [0.29, 0.717) is 6.42 Å². The van der Waals surface area contributed by atoms with E-state index < -0.39 is 30.1 Å². The zero-order chi connectivity index (χ0) is 19.3. The molecule has 26 heavy (non-hydrogen) atoms. The van der Waals surface area contributed by atoms with E-state index in [1.165, 1.54) is 0 Å². The maximum absolute atomic E-state index is 11.9. The molecule has 1 aromatic carbocycles. The molecule has 2 amide bonds. The highest BCUT2D eigenvalue weighted by molar-refractivity contribution is 7.98. The van der Waals surface area contributed by atoms with Crippen LogP contribution in [0.5, 0.6) is 0 Å². The zero-order valence-corrected chi connectivity index (χ0v) is 15.4. The van der Waals surface area contributed by atoms with E-state index in [0.717, 1.165) is 20.5 Å². The van der Waals surface area contributed by atoms with Crippen molar-refractivity contribution in [2.45, 2.75) is 30.7 Å². The van der Waals surface area contributed by atoms with Gasteiger partial charge in [0.1, 0.15) is 0 Å². The van der Waals surface area contributed by atoms with Gasteiger partial charge >= 0.3 is 18.2 Å². The number of thioether (sulfide) groups is 1. The van der Waals surface area contributed by atoms with Crippen LogP contribution in [0.2, 0.25) is 0 Å². The Morgan fingerprint density at radius 2 is 1.85 bits per heavy atom. The van der Waals surface area contributed by atoms with Gasteiger partial charge in [0.2, 0.25) is 0 Å². The summed E-state index contributed by atoms with van der Waals surface area (Å²) in [6.07, 6.45) is -0.479. The first kappa shape index (κ1) is 19.9. The maximum Gasteiger partial charge on any atom is 0.426 e. The second kappa shape index (κ2) is 8.79. The molecule has 1 fully saturated rings.